The molecule has 0 fully saturated rings. The van der Waals surface area contributed by atoms with E-state index in [4.69, 9.17) is 9.47 Å². The normalized spacial score (nSPS) is 11.9. The van der Waals surface area contributed by atoms with Gasteiger partial charge in [0.15, 0.2) is 0 Å². The zero-order valence-electron chi connectivity index (χ0n) is 10.1. The van der Waals surface area contributed by atoms with Crippen molar-refractivity contribution in [2.75, 3.05) is 20.8 Å². The van der Waals surface area contributed by atoms with Gasteiger partial charge in [-0.3, -0.25) is 0 Å². The molecular weight excluding hydrogens is 222 g/mol. The Balaban J connectivity index is 2.97. The molecule has 0 radical (unpaired) electrons. The maximum Gasteiger partial charge on any atom is 0.122 e. The summed E-state index contributed by atoms with van der Waals surface area (Å²) in [5.74, 6) is -0.395. The second-order valence-corrected chi connectivity index (χ2v) is 3.69. The lowest BCUT2D eigenvalue weighted by atomic mass is 9.98. The van der Waals surface area contributed by atoms with E-state index >= 15 is 0 Å². The maximum absolute atomic E-state index is 10.9. The van der Waals surface area contributed by atoms with E-state index in [2.05, 4.69) is 5.73 Å². The van der Waals surface area contributed by atoms with Crippen LogP contribution in [-0.4, -0.2) is 26.7 Å². The first kappa shape index (κ1) is 13.3. The van der Waals surface area contributed by atoms with E-state index in [0.717, 1.165) is 5.56 Å². The zero-order chi connectivity index (χ0) is 12.8. The molecule has 1 rings (SSSR count). The van der Waals surface area contributed by atoms with Gasteiger partial charge in [0.2, 0.25) is 0 Å². The van der Waals surface area contributed by atoms with E-state index in [9.17, 15) is 9.90 Å². The molecule has 0 saturated carbocycles. The summed E-state index contributed by atoms with van der Waals surface area (Å²) in [7, 11) is 3.10. The lowest BCUT2D eigenvalue weighted by Crippen LogP contribution is -2.57. The number of carbonyl (C=O) groups excluding carboxylic acids is 1. The van der Waals surface area contributed by atoms with Gasteiger partial charge in [0.25, 0.3) is 0 Å². The Kier molecular flexibility index (Phi) is 4.78. The van der Waals surface area contributed by atoms with E-state index in [1.807, 2.05) is 0 Å². The monoisotopic (exact) mass is 239 g/mol. The van der Waals surface area contributed by atoms with Crippen LogP contribution < -0.4 is 20.3 Å². The molecule has 3 N–H and O–H groups in total. The van der Waals surface area contributed by atoms with Crippen molar-refractivity contribution in [1.82, 2.24) is 0 Å². The molecular formula is C12H17NO4. The lowest BCUT2D eigenvalue weighted by Gasteiger charge is -2.16. The van der Waals surface area contributed by atoms with Gasteiger partial charge in [-0.1, -0.05) is 0 Å². The minimum absolute atomic E-state index is 0.280. The van der Waals surface area contributed by atoms with Crippen molar-refractivity contribution in [2.24, 2.45) is 5.92 Å². The maximum atomic E-state index is 10.9. The van der Waals surface area contributed by atoms with Crippen molar-refractivity contribution >= 4 is 5.97 Å². The predicted molar refractivity (Wildman–Crippen MR) is 59.5 cm³/mol. The standard InChI is InChI=1S/C12H17NO4/c1-16-10-3-4-11(17-2)8(6-10)5-9(7-13)12(14)15/h3-4,6,9H,5,7,13H2,1-2H3,(H,14,15)/t9-/m1/s1. The number of rotatable bonds is 6. The Labute approximate surface area is 100 Å². The summed E-state index contributed by atoms with van der Waals surface area (Å²) in [4.78, 5) is 10.9. The zero-order valence-corrected chi connectivity index (χ0v) is 10.1. The fraction of sp³-hybridized carbons (Fsp3) is 0.417. The average molecular weight is 239 g/mol. The van der Waals surface area contributed by atoms with Gasteiger partial charge in [0.05, 0.1) is 32.7 Å². The van der Waals surface area contributed by atoms with E-state index in [0.29, 0.717) is 17.9 Å². The molecule has 5 heteroatoms. The molecule has 0 heterocycles. The highest BCUT2D eigenvalue weighted by molar-refractivity contribution is 5.68. The number of hydrogen-bond acceptors (Lipinski definition) is 4. The van der Waals surface area contributed by atoms with Crippen LogP contribution in [0.2, 0.25) is 0 Å². The number of carbonyl (C=O) groups is 1. The SMILES string of the molecule is COc1ccc(OC)c(C[C@H](C[NH3+])C(=O)[O-])c1. The summed E-state index contributed by atoms with van der Waals surface area (Å²) >= 11 is 0. The number of ether oxygens (including phenoxy) is 2. The summed E-state index contributed by atoms with van der Waals surface area (Å²) in [6.45, 7) is 0.280. The highest BCUT2D eigenvalue weighted by Gasteiger charge is 2.14. The number of aliphatic carboxylic acids is 1. The second kappa shape index (κ2) is 6.10. The fourth-order valence-electron chi connectivity index (χ4n) is 1.61. The molecule has 0 aliphatic carbocycles. The molecule has 0 spiro atoms. The molecule has 17 heavy (non-hydrogen) atoms. The Morgan fingerprint density at radius 3 is 2.59 bits per heavy atom. The molecule has 0 saturated heterocycles. The summed E-state index contributed by atoms with van der Waals surface area (Å²) in [6.07, 6.45) is 0.326. The molecule has 5 nitrogen and oxygen atoms in total. The van der Waals surface area contributed by atoms with Crippen LogP contribution in [0.1, 0.15) is 5.56 Å². The molecule has 0 unspecified atom stereocenters. The molecule has 0 aliphatic heterocycles. The van der Waals surface area contributed by atoms with Gasteiger partial charge in [-0.25, -0.2) is 0 Å². The van der Waals surface area contributed by atoms with E-state index in [1.54, 1.807) is 32.4 Å². The number of methoxy groups -OCH3 is 2. The first-order valence-corrected chi connectivity index (χ1v) is 5.33. The highest BCUT2D eigenvalue weighted by atomic mass is 16.5. The molecule has 94 valence electrons. The first-order valence-electron chi connectivity index (χ1n) is 5.33. The summed E-state index contributed by atoms with van der Waals surface area (Å²) in [6, 6.07) is 5.29. The Hall–Kier alpha value is -1.75. The van der Waals surface area contributed by atoms with Gasteiger partial charge in [0.1, 0.15) is 11.5 Å². The van der Waals surface area contributed by atoms with Gasteiger partial charge in [0, 0.05) is 0 Å². The van der Waals surface area contributed by atoms with Crippen molar-refractivity contribution in [3.8, 4) is 11.5 Å². The third-order valence-electron chi connectivity index (χ3n) is 2.64. The highest BCUT2D eigenvalue weighted by Crippen LogP contribution is 2.26. The van der Waals surface area contributed by atoms with Crippen LogP contribution in [0.5, 0.6) is 11.5 Å². The minimum atomic E-state index is -1.09. The van der Waals surface area contributed by atoms with Crippen molar-refractivity contribution in [2.45, 2.75) is 6.42 Å². The van der Waals surface area contributed by atoms with Gasteiger partial charge in [-0.05, 0) is 30.2 Å². The van der Waals surface area contributed by atoms with E-state index < -0.39 is 11.9 Å². The van der Waals surface area contributed by atoms with Crippen LogP contribution in [0.4, 0.5) is 0 Å². The van der Waals surface area contributed by atoms with Gasteiger partial charge in [-0.2, -0.15) is 0 Å². The third-order valence-corrected chi connectivity index (χ3v) is 2.64. The van der Waals surface area contributed by atoms with Crippen LogP contribution in [0.3, 0.4) is 0 Å². The van der Waals surface area contributed by atoms with Crippen molar-refractivity contribution in [3.05, 3.63) is 23.8 Å². The molecule has 1 atom stereocenters. The number of quaternary nitrogens is 1. The Bertz CT molecular complexity index is 392. The fourth-order valence-corrected chi connectivity index (χ4v) is 1.61. The van der Waals surface area contributed by atoms with Crippen molar-refractivity contribution in [1.29, 1.82) is 0 Å². The molecule has 0 bridgehead atoms. The topological polar surface area (TPSA) is 86.2 Å². The number of carboxylic acids is 1. The van der Waals surface area contributed by atoms with Crippen LogP contribution >= 0.6 is 0 Å². The molecule has 1 aromatic carbocycles. The summed E-state index contributed by atoms with van der Waals surface area (Å²) in [5.41, 5.74) is 4.39. The second-order valence-electron chi connectivity index (χ2n) is 3.69. The summed E-state index contributed by atoms with van der Waals surface area (Å²) in [5, 5.41) is 10.9. The van der Waals surface area contributed by atoms with Gasteiger partial charge < -0.3 is 25.1 Å². The van der Waals surface area contributed by atoms with Crippen molar-refractivity contribution < 1.29 is 25.1 Å². The number of hydrogen-bond donors (Lipinski definition) is 1. The van der Waals surface area contributed by atoms with Crippen LogP contribution in [0, 0.1) is 5.92 Å². The predicted octanol–water partition coefficient (Wildman–Crippen LogP) is -1.15. The van der Waals surface area contributed by atoms with Gasteiger partial charge in [-0.15, -0.1) is 0 Å². The van der Waals surface area contributed by atoms with E-state index in [-0.39, 0.29) is 6.54 Å². The molecule has 1 aromatic rings. The smallest absolute Gasteiger partial charge is 0.122 e. The average Bonchev–Trinajstić information content (AvgIpc) is 2.35. The first-order chi connectivity index (χ1) is 8.12. The van der Waals surface area contributed by atoms with Crippen molar-refractivity contribution in [3.63, 3.8) is 0 Å². The Morgan fingerprint density at radius 1 is 1.41 bits per heavy atom. The molecule has 0 aliphatic rings. The lowest BCUT2D eigenvalue weighted by molar-refractivity contribution is -0.387. The number of carboxylic acid groups (broad SMARTS) is 1. The van der Waals surface area contributed by atoms with Crippen LogP contribution in [-0.2, 0) is 11.2 Å². The number of benzene rings is 1. The molecule has 0 amide bonds. The van der Waals surface area contributed by atoms with Crippen LogP contribution in [0.15, 0.2) is 18.2 Å². The van der Waals surface area contributed by atoms with E-state index in [1.165, 1.54) is 0 Å². The Morgan fingerprint density at radius 2 is 2.12 bits per heavy atom. The largest absolute Gasteiger partial charge is 0.550 e. The molecule has 0 aromatic heterocycles. The van der Waals surface area contributed by atoms with Gasteiger partial charge >= 0.3 is 0 Å². The minimum Gasteiger partial charge on any atom is -0.550 e. The summed E-state index contributed by atoms with van der Waals surface area (Å²) < 4.78 is 10.3. The van der Waals surface area contributed by atoms with Crippen LogP contribution in [0.25, 0.3) is 0 Å². The quantitative estimate of drug-likeness (QED) is 0.679. The third kappa shape index (κ3) is 3.35.